The summed E-state index contributed by atoms with van der Waals surface area (Å²) in [6.07, 6.45) is 3.58. The van der Waals surface area contributed by atoms with Crippen molar-refractivity contribution in [3.63, 3.8) is 0 Å². The first-order valence-electron chi connectivity index (χ1n) is 7.97. The van der Waals surface area contributed by atoms with Crippen LogP contribution in [0, 0.1) is 0 Å². The number of hydrogen-bond donors (Lipinski definition) is 3. The first kappa shape index (κ1) is 17.5. The summed E-state index contributed by atoms with van der Waals surface area (Å²) in [6, 6.07) is 10.8. The van der Waals surface area contributed by atoms with E-state index in [4.69, 9.17) is 0 Å². The van der Waals surface area contributed by atoms with Crippen molar-refractivity contribution in [3.05, 3.63) is 48.3 Å². The van der Waals surface area contributed by atoms with Crippen molar-refractivity contribution in [1.82, 2.24) is 10.3 Å². The molecule has 1 heterocycles. The fourth-order valence-electron chi connectivity index (χ4n) is 2.11. The van der Waals surface area contributed by atoms with Gasteiger partial charge in [0, 0.05) is 36.7 Å². The topological polar surface area (TPSA) is 83.1 Å². The quantitative estimate of drug-likeness (QED) is 0.682. The summed E-state index contributed by atoms with van der Waals surface area (Å²) in [5.74, 6) is -0.281. The number of amides is 2. The zero-order valence-electron chi connectivity index (χ0n) is 13.9. The standard InChI is InChI=1S/C18H22N4O2/c1-3-4-10-20-18(24)17-12-16(9-11-19-17)22-15-7-5-14(6-8-15)21-13(2)23/h5-9,11-12H,3-4,10H2,1-2H3,(H,19,22)(H,20,24)(H,21,23). The maximum absolute atomic E-state index is 12.0. The van der Waals surface area contributed by atoms with Crippen LogP contribution in [-0.2, 0) is 4.79 Å². The van der Waals surface area contributed by atoms with Crippen LogP contribution in [-0.4, -0.2) is 23.3 Å². The third-order valence-electron chi connectivity index (χ3n) is 3.30. The van der Waals surface area contributed by atoms with E-state index in [1.165, 1.54) is 6.92 Å². The average Bonchev–Trinajstić information content (AvgIpc) is 2.56. The van der Waals surface area contributed by atoms with Crippen LogP contribution in [0.5, 0.6) is 0 Å². The van der Waals surface area contributed by atoms with E-state index in [1.807, 2.05) is 24.3 Å². The van der Waals surface area contributed by atoms with E-state index < -0.39 is 0 Å². The number of anilines is 3. The van der Waals surface area contributed by atoms with Gasteiger partial charge in [-0.05, 0) is 42.8 Å². The molecule has 0 saturated heterocycles. The van der Waals surface area contributed by atoms with Gasteiger partial charge in [0.1, 0.15) is 5.69 Å². The smallest absolute Gasteiger partial charge is 0.269 e. The second-order valence-corrected chi connectivity index (χ2v) is 5.42. The van der Waals surface area contributed by atoms with Gasteiger partial charge in [0.2, 0.25) is 5.91 Å². The Morgan fingerprint density at radius 2 is 1.75 bits per heavy atom. The number of carbonyl (C=O) groups excluding carboxylic acids is 2. The van der Waals surface area contributed by atoms with Crippen molar-refractivity contribution < 1.29 is 9.59 Å². The molecule has 0 spiro atoms. The molecule has 0 saturated carbocycles. The van der Waals surface area contributed by atoms with E-state index in [1.54, 1.807) is 18.3 Å². The number of nitrogens with zero attached hydrogens (tertiary/aromatic N) is 1. The molecule has 126 valence electrons. The van der Waals surface area contributed by atoms with Crippen LogP contribution >= 0.6 is 0 Å². The van der Waals surface area contributed by atoms with Crippen molar-refractivity contribution in [2.24, 2.45) is 0 Å². The Hall–Kier alpha value is -2.89. The molecule has 0 aliphatic heterocycles. The summed E-state index contributed by atoms with van der Waals surface area (Å²) in [5, 5.41) is 8.78. The molecule has 3 N–H and O–H groups in total. The van der Waals surface area contributed by atoms with Crippen molar-refractivity contribution >= 4 is 28.9 Å². The molecule has 1 aromatic carbocycles. The summed E-state index contributed by atoms with van der Waals surface area (Å²) in [4.78, 5) is 27.1. The Balaban J connectivity index is 2.01. The highest BCUT2D eigenvalue weighted by atomic mass is 16.2. The van der Waals surface area contributed by atoms with Gasteiger partial charge in [-0.2, -0.15) is 0 Å². The molecule has 0 aliphatic carbocycles. The minimum absolute atomic E-state index is 0.108. The van der Waals surface area contributed by atoms with Gasteiger partial charge in [-0.3, -0.25) is 14.6 Å². The van der Waals surface area contributed by atoms with Crippen molar-refractivity contribution in [2.45, 2.75) is 26.7 Å². The minimum Gasteiger partial charge on any atom is -0.355 e. The van der Waals surface area contributed by atoms with Crippen LogP contribution in [0.1, 0.15) is 37.2 Å². The highest BCUT2D eigenvalue weighted by Gasteiger charge is 2.07. The Morgan fingerprint density at radius 1 is 1.04 bits per heavy atom. The molecule has 2 amide bonds. The number of aromatic nitrogens is 1. The number of hydrogen-bond acceptors (Lipinski definition) is 4. The van der Waals surface area contributed by atoms with Gasteiger partial charge in [0.25, 0.3) is 5.91 Å². The van der Waals surface area contributed by atoms with Crippen LogP contribution in [0.25, 0.3) is 0 Å². The number of rotatable bonds is 7. The molecule has 0 unspecified atom stereocenters. The molecule has 0 aliphatic rings. The summed E-state index contributed by atoms with van der Waals surface area (Å²) < 4.78 is 0. The maximum atomic E-state index is 12.0. The van der Waals surface area contributed by atoms with E-state index in [-0.39, 0.29) is 11.8 Å². The summed E-state index contributed by atoms with van der Waals surface area (Å²) in [6.45, 7) is 4.20. The van der Waals surface area contributed by atoms with Gasteiger partial charge in [0.05, 0.1) is 0 Å². The van der Waals surface area contributed by atoms with E-state index in [0.717, 1.165) is 29.9 Å². The summed E-state index contributed by atoms with van der Waals surface area (Å²) in [5.41, 5.74) is 2.75. The first-order valence-corrected chi connectivity index (χ1v) is 7.97. The molecular formula is C18H22N4O2. The number of nitrogens with one attached hydrogen (secondary N) is 3. The molecule has 0 fully saturated rings. The average molecular weight is 326 g/mol. The fraction of sp³-hybridized carbons (Fsp3) is 0.278. The zero-order chi connectivity index (χ0) is 17.4. The predicted molar refractivity (Wildman–Crippen MR) is 95.5 cm³/mol. The molecule has 24 heavy (non-hydrogen) atoms. The van der Waals surface area contributed by atoms with Gasteiger partial charge >= 0.3 is 0 Å². The van der Waals surface area contributed by atoms with Crippen LogP contribution in [0.3, 0.4) is 0 Å². The Morgan fingerprint density at radius 3 is 2.42 bits per heavy atom. The third-order valence-corrected chi connectivity index (χ3v) is 3.30. The molecule has 0 bridgehead atoms. The molecule has 2 rings (SSSR count). The molecule has 6 heteroatoms. The number of benzene rings is 1. The van der Waals surface area contributed by atoms with Gasteiger partial charge in [0.15, 0.2) is 0 Å². The lowest BCUT2D eigenvalue weighted by Gasteiger charge is -2.09. The second-order valence-electron chi connectivity index (χ2n) is 5.42. The van der Waals surface area contributed by atoms with Crippen LogP contribution in [0.4, 0.5) is 17.1 Å². The summed E-state index contributed by atoms with van der Waals surface area (Å²) >= 11 is 0. The first-order chi connectivity index (χ1) is 11.6. The van der Waals surface area contributed by atoms with E-state index in [9.17, 15) is 9.59 Å². The normalized spacial score (nSPS) is 10.1. The number of unbranched alkanes of at least 4 members (excludes halogenated alkanes) is 1. The highest BCUT2D eigenvalue weighted by Crippen LogP contribution is 2.19. The highest BCUT2D eigenvalue weighted by molar-refractivity contribution is 5.93. The molecule has 0 radical (unpaired) electrons. The fourth-order valence-corrected chi connectivity index (χ4v) is 2.11. The predicted octanol–water partition coefficient (Wildman–Crippen LogP) is 3.31. The zero-order valence-corrected chi connectivity index (χ0v) is 13.9. The van der Waals surface area contributed by atoms with Gasteiger partial charge < -0.3 is 16.0 Å². The lowest BCUT2D eigenvalue weighted by Crippen LogP contribution is -2.25. The van der Waals surface area contributed by atoms with E-state index >= 15 is 0 Å². The lowest BCUT2D eigenvalue weighted by atomic mass is 10.2. The van der Waals surface area contributed by atoms with Crippen LogP contribution < -0.4 is 16.0 Å². The Kier molecular flexibility index (Phi) is 6.31. The van der Waals surface area contributed by atoms with Crippen molar-refractivity contribution in [2.75, 3.05) is 17.2 Å². The number of pyridine rings is 1. The van der Waals surface area contributed by atoms with E-state index in [2.05, 4.69) is 27.9 Å². The maximum Gasteiger partial charge on any atom is 0.269 e. The van der Waals surface area contributed by atoms with Crippen molar-refractivity contribution in [1.29, 1.82) is 0 Å². The Labute approximate surface area is 141 Å². The summed E-state index contributed by atoms with van der Waals surface area (Å²) in [7, 11) is 0. The molecule has 1 aromatic heterocycles. The molecule has 2 aromatic rings. The van der Waals surface area contributed by atoms with Crippen LogP contribution in [0.2, 0.25) is 0 Å². The molecular weight excluding hydrogens is 304 g/mol. The van der Waals surface area contributed by atoms with Gasteiger partial charge in [-0.1, -0.05) is 13.3 Å². The lowest BCUT2D eigenvalue weighted by molar-refractivity contribution is -0.114. The van der Waals surface area contributed by atoms with E-state index in [0.29, 0.717) is 12.2 Å². The van der Waals surface area contributed by atoms with Crippen molar-refractivity contribution in [3.8, 4) is 0 Å². The minimum atomic E-state index is -0.173. The third kappa shape index (κ3) is 5.39. The Bertz CT molecular complexity index is 698. The SMILES string of the molecule is CCCCNC(=O)c1cc(Nc2ccc(NC(C)=O)cc2)ccn1. The largest absolute Gasteiger partial charge is 0.355 e. The van der Waals surface area contributed by atoms with Crippen LogP contribution in [0.15, 0.2) is 42.6 Å². The van der Waals surface area contributed by atoms with Gasteiger partial charge in [-0.25, -0.2) is 0 Å². The molecule has 6 nitrogen and oxygen atoms in total. The monoisotopic (exact) mass is 326 g/mol. The molecule has 0 atom stereocenters. The second kappa shape index (κ2) is 8.67. The van der Waals surface area contributed by atoms with Gasteiger partial charge in [-0.15, -0.1) is 0 Å². The number of carbonyl (C=O) groups is 2.